The van der Waals surface area contributed by atoms with Crippen LogP contribution in [0.25, 0.3) is 22.3 Å². The van der Waals surface area contributed by atoms with Crippen molar-refractivity contribution in [2.75, 3.05) is 5.43 Å². The first-order chi connectivity index (χ1) is 13.2. The minimum Gasteiger partial charge on any atom is -0.261 e. The average Bonchev–Trinajstić information content (AvgIpc) is 2.69. The summed E-state index contributed by atoms with van der Waals surface area (Å²) in [7, 11) is 0. The highest BCUT2D eigenvalue weighted by Gasteiger charge is 2.11. The summed E-state index contributed by atoms with van der Waals surface area (Å²) in [6.45, 7) is 0. The lowest BCUT2D eigenvalue weighted by atomic mass is 10.2. The third-order valence-electron chi connectivity index (χ3n) is 4.00. The Morgan fingerprint density at radius 3 is 2.48 bits per heavy atom. The number of rotatable bonds is 4. The molecule has 0 aliphatic rings. The van der Waals surface area contributed by atoms with Gasteiger partial charge in [0.2, 0.25) is 0 Å². The lowest BCUT2D eigenvalue weighted by Crippen LogP contribution is -2.00. The van der Waals surface area contributed by atoms with Gasteiger partial charge < -0.3 is 0 Å². The minimum absolute atomic E-state index is 0.340. The number of hydrogen-bond donors (Lipinski definition) is 1. The van der Waals surface area contributed by atoms with Crippen LogP contribution in [0, 0.1) is 5.82 Å². The van der Waals surface area contributed by atoms with Crippen LogP contribution in [0.3, 0.4) is 0 Å². The first-order valence-electron chi connectivity index (χ1n) is 8.27. The summed E-state index contributed by atoms with van der Waals surface area (Å²) in [6, 6.07) is 21.4. The van der Waals surface area contributed by atoms with Gasteiger partial charge in [0.15, 0.2) is 11.6 Å². The van der Waals surface area contributed by atoms with Crippen LogP contribution in [0.1, 0.15) is 5.56 Å². The van der Waals surface area contributed by atoms with Gasteiger partial charge in [-0.15, -0.1) is 0 Å². The van der Waals surface area contributed by atoms with Crippen molar-refractivity contribution in [2.24, 2.45) is 5.10 Å². The number of anilines is 1. The van der Waals surface area contributed by atoms with Crippen LogP contribution in [0.15, 0.2) is 77.9 Å². The summed E-state index contributed by atoms with van der Waals surface area (Å²) >= 11 is 6.29. The summed E-state index contributed by atoms with van der Waals surface area (Å²) in [5, 5.41) is 5.51. The first kappa shape index (κ1) is 17.1. The molecule has 4 nitrogen and oxygen atoms in total. The fraction of sp³-hybridized carbons (Fsp3) is 0. The van der Waals surface area contributed by atoms with Crippen LogP contribution in [-0.4, -0.2) is 16.2 Å². The molecule has 1 heterocycles. The lowest BCUT2D eigenvalue weighted by Gasteiger charge is -2.09. The number of nitrogens with zero attached hydrogens (tertiary/aromatic N) is 3. The quantitative estimate of drug-likeness (QED) is 0.376. The molecule has 0 spiro atoms. The second-order valence-electron chi connectivity index (χ2n) is 5.78. The van der Waals surface area contributed by atoms with Gasteiger partial charge in [-0.3, -0.25) is 5.43 Å². The second-order valence-corrected chi connectivity index (χ2v) is 6.19. The topological polar surface area (TPSA) is 50.2 Å². The van der Waals surface area contributed by atoms with Crippen LogP contribution in [0.5, 0.6) is 0 Å². The fourth-order valence-electron chi connectivity index (χ4n) is 2.67. The van der Waals surface area contributed by atoms with Crippen molar-refractivity contribution in [3.8, 4) is 11.4 Å². The van der Waals surface area contributed by atoms with Crippen molar-refractivity contribution >= 4 is 34.5 Å². The number of halogens is 2. The Morgan fingerprint density at radius 2 is 1.63 bits per heavy atom. The molecule has 0 amide bonds. The maximum Gasteiger partial charge on any atom is 0.163 e. The molecule has 0 aliphatic heterocycles. The Bertz CT molecular complexity index is 1140. The molecule has 1 aromatic heterocycles. The second kappa shape index (κ2) is 7.51. The summed E-state index contributed by atoms with van der Waals surface area (Å²) < 4.78 is 13.7. The molecule has 0 radical (unpaired) electrons. The molecule has 0 fully saturated rings. The molecule has 0 aliphatic carbocycles. The highest BCUT2D eigenvalue weighted by atomic mass is 35.5. The van der Waals surface area contributed by atoms with Gasteiger partial charge in [0.1, 0.15) is 5.82 Å². The number of hydrazone groups is 1. The summed E-state index contributed by atoms with van der Waals surface area (Å²) in [6.07, 6.45) is 1.42. The molecule has 0 saturated carbocycles. The van der Waals surface area contributed by atoms with Crippen LogP contribution < -0.4 is 5.43 Å². The third kappa shape index (κ3) is 3.64. The van der Waals surface area contributed by atoms with Gasteiger partial charge in [0, 0.05) is 16.5 Å². The molecule has 4 rings (SSSR count). The summed E-state index contributed by atoms with van der Waals surface area (Å²) in [4.78, 5) is 9.17. The predicted molar refractivity (Wildman–Crippen MR) is 108 cm³/mol. The molecule has 3 aromatic carbocycles. The Morgan fingerprint density at radius 1 is 0.889 bits per heavy atom. The van der Waals surface area contributed by atoms with E-state index in [1.165, 1.54) is 12.3 Å². The number of hydrogen-bond acceptors (Lipinski definition) is 4. The molecule has 6 heteroatoms. The highest BCUT2D eigenvalue weighted by Crippen LogP contribution is 2.29. The molecular formula is C21H14ClFN4. The van der Waals surface area contributed by atoms with Crippen LogP contribution in [-0.2, 0) is 0 Å². The molecule has 1 N–H and O–H groups in total. The maximum atomic E-state index is 13.7. The van der Waals surface area contributed by atoms with E-state index in [0.717, 1.165) is 16.5 Å². The predicted octanol–water partition coefficient (Wildman–Crippen LogP) is 5.54. The molecule has 0 unspecified atom stereocenters. The van der Waals surface area contributed by atoms with Crippen molar-refractivity contribution in [3.63, 3.8) is 0 Å². The molecule has 4 aromatic rings. The average molecular weight is 377 g/mol. The van der Waals surface area contributed by atoms with E-state index in [2.05, 4.69) is 20.5 Å². The maximum absolute atomic E-state index is 13.7. The summed E-state index contributed by atoms with van der Waals surface area (Å²) in [5.41, 5.74) is 4.77. The van der Waals surface area contributed by atoms with Gasteiger partial charge >= 0.3 is 0 Å². The zero-order valence-corrected chi connectivity index (χ0v) is 14.9. The number of para-hydroxylation sites is 1. The van der Waals surface area contributed by atoms with E-state index in [1.807, 2.05) is 42.5 Å². The van der Waals surface area contributed by atoms with Gasteiger partial charge in [-0.2, -0.15) is 5.10 Å². The molecule has 27 heavy (non-hydrogen) atoms. The zero-order chi connectivity index (χ0) is 18.6. The van der Waals surface area contributed by atoms with Crippen molar-refractivity contribution in [1.29, 1.82) is 0 Å². The standard InChI is InChI=1S/C21H14ClFN4/c22-17-10-4-2-8-15(17)20-25-19-12-6-3-9-16(19)21(26-20)27-24-13-14-7-1-5-11-18(14)23/h1-13H,(H,25,26,27)/b24-13-. The lowest BCUT2D eigenvalue weighted by molar-refractivity contribution is 0.626. The van der Waals surface area contributed by atoms with Gasteiger partial charge in [0.25, 0.3) is 0 Å². The Balaban J connectivity index is 1.75. The highest BCUT2D eigenvalue weighted by molar-refractivity contribution is 6.33. The Kier molecular flexibility index (Phi) is 4.77. The normalized spacial score (nSPS) is 11.2. The van der Waals surface area contributed by atoms with Crippen molar-refractivity contribution in [3.05, 3.63) is 89.2 Å². The van der Waals surface area contributed by atoms with Crippen molar-refractivity contribution in [2.45, 2.75) is 0 Å². The Labute approximate surface area is 160 Å². The van der Waals surface area contributed by atoms with Crippen LogP contribution >= 0.6 is 11.6 Å². The molecule has 0 atom stereocenters. The van der Waals surface area contributed by atoms with Gasteiger partial charge in [0.05, 0.1) is 16.8 Å². The van der Waals surface area contributed by atoms with Gasteiger partial charge in [-0.1, -0.05) is 54.1 Å². The van der Waals surface area contributed by atoms with Crippen molar-refractivity contribution in [1.82, 2.24) is 9.97 Å². The molecule has 132 valence electrons. The zero-order valence-electron chi connectivity index (χ0n) is 14.1. The van der Waals surface area contributed by atoms with E-state index in [4.69, 9.17) is 11.6 Å². The fourth-order valence-corrected chi connectivity index (χ4v) is 2.89. The number of aromatic nitrogens is 2. The van der Waals surface area contributed by atoms with Crippen molar-refractivity contribution < 1.29 is 4.39 Å². The number of benzene rings is 3. The smallest absolute Gasteiger partial charge is 0.163 e. The van der Waals surface area contributed by atoms with E-state index in [9.17, 15) is 4.39 Å². The molecule has 0 bridgehead atoms. The van der Waals surface area contributed by atoms with E-state index < -0.39 is 0 Å². The SMILES string of the molecule is Fc1ccccc1/C=N\Nc1nc(-c2ccccc2Cl)nc2ccccc12. The molecular weight excluding hydrogens is 363 g/mol. The number of nitrogens with one attached hydrogen (secondary N) is 1. The van der Waals surface area contributed by atoms with E-state index in [-0.39, 0.29) is 5.82 Å². The van der Waals surface area contributed by atoms with E-state index >= 15 is 0 Å². The minimum atomic E-state index is -0.340. The largest absolute Gasteiger partial charge is 0.261 e. The molecule has 0 saturated heterocycles. The van der Waals surface area contributed by atoms with Gasteiger partial charge in [-0.25, -0.2) is 14.4 Å². The van der Waals surface area contributed by atoms with Crippen LogP contribution in [0.2, 0.25) is 5.02 Å². The first-order valence-corrected chi connectivity index (χ1v) is 8.65. The number of fused-ring (bicyclic) bond motifs is 1. The summed E-state index contributed by atoms with van der Waals surface area (Å²) in [5.74, 6) is 0.665. The third-order valence-corrected chi connectivity index (χ3v) is 4.33. The van der Waals surface area contributed by atoms with E-state index in [1.54, 1.807) is 24.3 Å². The van der Waals surface area contributed by atoms with Gasteiger partial charge in [-0.05, 0) is 30.3 Å². The van der Waals surface area contributed by atoms with Crippen LogP contribution in [0.4, 0.5) is 10.2 Å². The van der Waals surface area contributed by atoms with E-state index in [0.29, 0.717) is 22.2 Å². The Hall–Kier alpha value is -3.31. The monoisotopic (exact) mass is 376 g/mol.